The molecule has 0 aliphatic heterocycles. The molecule has 0 aromatic heterocycles. The lowest BCUT2D eigenvalue weighted by Gasteiger charge is -2.12. The summed E-state index contributed by atoms with van der Waals surface area (Å²) in [6, 6.07) is 38.9. The van der Waals surface area contributed by atoms with Gasteiger partial charge in [-0.3, -0.25) is 0 Å². The highest BCUT2D eigenvalue weighted by Gasteiger charge is 2.13. The molecule has 0 aliphatic carbocycles. The second-order valence-electron chi connectivity index (χ2n) is 15.1. The first-order valence-electron chi connectivity index (χ1n) is 22.9. The fourth-order valence-corrected chi connectivity index (χ4v) is 5.96. The van der Waals surface area contributed by atoms with Gasteiger partial charge in [-0.05, 0) is 147 Å². The van der Waals surface area contributed by atoms with Gasteiger partial charge in [-0.25, -0.2) is 14.4 Å². The van der Waals surface area contributed by atoms with Gasteiger partial charge in [0.05, 0.1) is 37.6 Å². The maximum atomic E-state index is 12.6. The fourth-order valence-electron chi connectivity index (χ4n) is 5.96. The normalized spacial score (nSPS) is 9.90. The van der Waals surface area contributed by atoms with Gasteiger partial charge in [-0.1, -0.05) is 61.4 Å². The smallest absolute Gasteiger partial charge is 0.343 e. The molecule has 0 unspecified atom stereocenters. The molecule has 0 N–H and O–H groups in total. The first-order valence-corrected chi connectivity index (χ1v) is 22.9. The average Bonchev–Trinajstić information content (AvgIpc) is 3.41. The highest BCUT2D eigenvalue weighted by molar-refractivity contribution is 5.91. The standard InChI is InChI=1S/C33H34O10.C24H22O4.C2H4/c1-4-18-41-42-22-7-20-37-28-12-14-29(15-13-28)39-24-40-31-17-16-30(23-25(31)3)43-33(35)26-8-10-27(11-9-26)36-19-6-21-38-32(34)5-2;1-4-19-7-11-21(12-8-19)26-16-27-23-14-13-22(15-18(23)3)28-24(25)20-9-5-17(2)6-10-20;1-2/h5,8-18,23H,1-2,6-7,19-22,24H2,3H3;4-15H,1,16H2,2-3H3;1-2H2. The summed E-state index contributed by atoms with van der Waals surface area (Å²) >= 11 is 0. The Morgan fingerprint density at radius 2 is 0.932 bits per heavy atom. The lowest BCUT2D eigenvalue weighted by molar-refractivity contribution is -0.249. The third kappa shape index (κ3) is 20.9. The van der Waals surface area contributed by atoms with E-state index in [1.54, 1.807) is 103 Å². The Bertz CT molecular complexity index is 2710. The highest BCUT2D eigenvalue weighted by Crippen LogP contribution is 2.27. The van der Waals surface area contributed by atoms with Crippen LogP contribution in [0.3, 0.4) is 0 Å². The Kier molecular flexibility index (Phi) is 24.8. The van der Waals surface area contributed by atoms with Crippen molar-refractivity contribution >= 4 is 24.0 Å². The van der Waals surface area contributed by atoms with Gasteiger partial charge >= 0.3 is 17.9 Å². The second kappa shape index (κ2) is 32.0. The van der Waals surface area contributed by atoms with Crippen molar-refractivity contribution < 1.29 is 66.8 Å². The van der Waals surface area contributed by atoms with Crippen LogP contribution in [0.5, 0.6) is 46.0 Å². The number of carbonyl (C=O) groups is 3. The molecule has 73 heavy (non-hydrogen) atoms. The van der Waals surface area contributed by atoms with Crippen molar-refractivity contribution in [3.63, 3.8) is 0 Å². The quantitative estimate of drug-likeness (QED) is 0.00484. The molecule has 0 aliphatic rings. The van der Waals surface area contributed by atoms with Crippen molar-refractivity contribution in [3.05, 3.63) is 218 Å². The molecular formula is C59H60O14. The van der Waals surface area contributed by atoms with Crippen molar-refractivity contribution in [1.29, 1.82) is 0 Å². The third-order valence-corrected chi connectivity index (χ3v) is 9.72. The fraction of sp³-hybridized carbons (Fsp3) is 0.186. The first kappa shape index (κ1) is 56.6. The summed E-state index contributed by atoms with van der Waals surface area (Å²) in [6.07, 6.45) is 5.30. The maximum absolute atomic E-state index is 12.6. The predicted octanol–water partition coefficient (Wildman–Crippen LogP) is 12.5. The molecule has 6 aromatic carbocycles. The van der Waals surface area contributed by atoms with Crippen LogP contribution < -0.4 is 37.9 Å². The molecule has 0 spiro atoms. The maximum Gasteiger partial charge on any atom is 0.343 e. The molecule has 0 atom stereocenters. The van der Waals surface area contributed by atoms with E-state index in [0.717, 1.165) is 28.3 Å². The Morgan fingerprint density at radius 3 is 1.38 bits per heavy atom. The molecule has 14 heteroatoms. The molecule has 0 amide bonds. The minimum Gasteiger partial charge on any atom is -0.494 e. The third-order valence-electron chi connectivity index (χ3n) is 9.72. The summed E-state index contributed by atoms with van der Waals surface area (Å²) in [5.74, 6) is 3.36. The summed E-state index contributed by atoms with van der Waals surface area (Å²) in [4.78, 5) is 45.4. The minimum absolute atomic E-state index is 0.00887. The topological polar surface area (TPSA) is 153 Å². The van der Waals surface area contributed by atoms with Crippen LogP contribution >= 0.6 is 0 Å². The summed E-state index contributed by atoms with van der Waals surface area (Å²) in [7, 11) is 0. The van der Waals surface area contributed by atoms with Crippen LogP contribution in [0.4, 0.5) is 0 Å². The van der Waals surface area contributed by atoms with Gasteiger partial charge in [0.1, 0.15) is 46.0 Å². The Hall–Kier alpha value is -8.97. The van der Waals surface area contributed by atoms with E-state index < -0.39 is 11.9 Å². The summed E-state index contributed by atoms with van der Waals surface area (Å²) in [5, 5.41) is 0. The van der Waals surface area contributed by atoms with Crippen LogP contribution in [-0.4, -0.2) is 57.9 Å². The molecule has 380 valence electrons. The van der Waals surface area contributed by atoms with E-state index in [0.29, 0.717) is 89.8 Å². The number of ether oxygens (including phenoxy) is 9. The Labute approximate surface area is 426 Å². The van der Waals surface area contributed by atoms with E-state index in [1.165, 1.54) is 6.26 Å². The largest absolute Gasteiger partial charge is 0.494 e. The first-order chi connectivity index (χ1) is 35.5. The number of hydrogen-bond donors (Lipinski definition) is 0. The van der Waals surface area contributed by atoms with Gasteiger partial charge in [0.15, 0.2) is 6.26 Å². The van der Waals surface area contributed by atoms with Crippen LogP contribution in [0, 0.1) is 20.8 Å². The number of benzene rings is 6. The SMILES string of the molecule is C=C.C=C=COOCCCOc1ccc(OCOc2ccc(OC(=O)c3ccc(OCCCOC(=O)C=C)cc3)cc2C)cc1.C=Cc1ccc(OCOc2ccc(OC(=O)c3ccc(C)cc3)cc2C)cc1. The average molecular weight is 993 g/mol. The molecule has 0 radical (unpaired) electrons. The van der Waals surface area contributed by atoms with Crippen molar-refractivity contribution in [1.82, 2.24) is 0 Å². The van der Waals surface area contributed by atoms with Crippen molar-refractivity contribution in [2.75, 3.05) is 40.0 Å². The Morgan fingerprint density at radius 1 is 0.507 bits per heavy atom. The van der Waals surface area contributed by atoms with Crippen molar-refractivity contribution in [2.24, 2.45) is 0 Å². The van der Waals surface area contributed by atoms with Crippen LogP contribution in [0.2, 0.25) is 0 Å². The van der Waals surface area contributed by atoms with Gasteiger partial charge in [-0.15, -0.1) is 13.2 Å². The molecule has 0 saturated heterocycles. The number of carbonyl (C=O) groups excluding carboxylic acids is 3. The highest BCUT2D eigenvalue weighted by atomic mass is 17.2. The molecule has 14 nitrogen and oxygen atoms in total. The Balaban J connectivity index is 0.000000331. The van der Waals surface area contributed by atoms with Gasteiger partial charge in [0.2, 0.25) is 13.6 Å². The molecule has 6 aromatic rings. The van der Waals surface area contributed by atoms with Gasteiger partial charge < -0.3 is 47.5 Å². The van der Waals surface area contributed by atoms with Gasteiger partial charge in [-0.2, -0.15) is 4.89 Å². The minimum atomic E-state index is -0.505. The number of rotatable bonds is 26. The van der Waals surface area contributed by atoms with Gasteiger partial charge in [0.25, 0.3) is 0 Å². The van der Waals surface area contributed by atoms with E-state index in [1.807, 2.05) is 57.2 Å². The van der Waals surface area contributed by atoms with E-state index in [9.17, 15) is 14.4 Å². The zero-order chi connectivity index (χ0) is 52.6. The second-order valence-corrected chi connectivity index (χ2v) is 15.1. The lowest BCUT2D eigenvalue weighted by atomic mass is 10.1. The molecule has 0 fully saturated rings. The summed E-state index contributed by atoms with van der Waals surface area (Å²) < 4.78 is 49.7. The van der Waals surface area contributed by atoms with Gasteiger partial charge in [0, 0.05) is 18.9 Å². The van der Waals surface area contributed by atoms with E-state index in [2.05, 4.69) is 43.5 Å². The van der Waals surface area contributed by atoms with Crippen LogP contribution in [0.25, 0.3) is 6.08 Å². The monoisotopic (exact) mass is 992 g/mol. The molecule has 6 rings (SSSR count). The van der Waals surface area contributed by atoms with Crippen LogP contribution in [-0.2, 0) is 19.3 Å². The predicted molar refractivity (Wildman–Crippen MR) is 278 cm³/mol. The van der Waals surface area contributed by atoms with E-state index in [4.69, 9.17) is 47.5 Å². The molecular weight excluding hydrogens is 933 g/mol. The van der Waals surface area contributed by atoms with Crippen molar-refractivity contribution in [3.8, 4) is 46.0 Å². The zero-order valence-corrected chi connectivity index (χ0v) is 41.3. The number of hydrogen-bond acceptors (Lipinski definition) is 14. The van der Waals surface area contributed by atoms with E-state index in [-0.39, 0.29) is 26.2 Å². The summed E-state index contributed by atoms with van der Waals surface area (Å²) in [5.41, 5.74) is 7.06. The molecule has 0 saturated carbocycles. The molecule has 0 heterocycles. The van der Waals surface area contributed by atoms with Crippen LogP contribution in [0.1, 0.15) is 55.8 Å². The number of aryl methyl sites for hydroxylation is 3. The number of esters is 3. The van der Waals surface area contributed by atoms with Crippen molar-refractivity contribution in [2.45, 2.75) is 33.6 Å². The summed E-state index contributed by atoms with van der Waals surface area (Å²) in [6.45, 7) is 23.6. The van der Waals surface area contributed by atoms with E-state index >= 15 is 0 Å². The molecule has 0 bridgehead atoms. The van der Waals surface area contributed by atoms with Crippen LogP contribution in [0.15, 0.2) is 184 Å². The lowest BCUT2D eigenvalue weighted by Crippen LogP contribution is -2.10. The zero-order valence-electron chi connectivity index (χ0n) is 41.3.